The van der Waals surface area contributed by atoms with E-state index < -0.39 is 0 Å². The predicted octanol–water partition coefficient (Wildman–Crippen LogP) is 7.00. The first-order chi connectivity index (χ1) is 15.7. The van der Waals surface area contributed by atoms with Crippen LogP contribution in [0, 0.1) is 0 Å². The zero-order chi connectivity index (χ0) is 22.1. The van der Waals surface area contributed by atoms with Gasteiger partial charge >= 0.3 is 0 Å². The maximum absolute atomic E-state index is 11.1. The van der Waals surface area contributed by atoms with E-state index in [2.05, 4.69) is 6.07 Å². The van der Waals surface area contributed by atoms with Crippen LogP contribution >= 0.6 is 0 Å². The molecule has 6 aromatic rings. The fourth-order valence-corrected chi connectivity index (χ4v) is 3.97. The summed E-state index contributed by atoms with van der Waals surface area (Å²) >= 11 is 0. The second-order valence-electron chi connectivity index (χ2n) is 7.21. The van der Waals surface area contributed by atoms with Crippen molar-refractivity contribution in [2.75, 3.05) is 14.2 Å². The van der Waals surface area contributed by atoms with Gasteiger partial charge in [0.05, 0.1) is 14.2 Å². The van der Waals surface area contributed by atoms with E-state index in [0.717, 1.165) is 50.3 Å². The van der Waals surface area contributed by atoms with E-state index in [1.165, 1.54) is 0 Å². The Morgan fingerprint density at radius 2 is 1.22 bits per heavy atom. The molecule has 0 N–H and O–H groups in total. The minimum atomic E-state index is 0.616. The largest absolute Gasteiger partial charge is 0.493 e. The summed E-state index contributed by atoms with van der Waals surface area (Å²) in [4.78, 5) is 11.1. The Morgan fingerprint density at radius 3 is 1.94 bits per heavy atom. The van der Waals surface area contributed by atoms with Crippen LogP contribution < -0.4 is 9.47 Å². The quantitative estimate of drug-likeness (QED) is 0.286. The van der Waals surface area contributed by atoms with Gasteiger partial charge in [0.25, 0.3) is 0 Å². The smallest absolute Gasteiger partial charge is 0.177 e. The van der Waals surface area contributed by atoms with E-state index in [1.54, 1.807) is 26.4 Å². The first-order valence-electron chi connectivity index (χ1n) is 10.1. The molecule has 0 aliphatic carbocycles. The molecule has 0 amide bonds. The molecular formula is C27H20O5. The number of para-hydroxylation sites is 3. The minimum Gasteiger partial charge on any atom is -0.493 e. The third-order valence-electron chi connectivity index (χ3n) is 5.46. The van der Waals surface area contributed by atoms with Crippen LogP contribution in [0.3, 0.4) is 0 Å². The number of rotatable bonds is 3. The lowest BCUT2D eigenvalue weighted by atomic mass is 10.1. The maximum atomic E-state index is 11.1. The molecule has 0 unspecified atom stereocenters. The van der Waals surface area contributed by atoms with Crippen molar-refractivity contribution in [1.29, 1.82) is 0 Å². The van der Waals surface area contributed by atoms with Gasteiger partial charge < -0.3 is 18.3 Å². The van der Waals surface area contributed by atoms with Crippen LogP contribution in [0.1, 0.15) is 10.4 Å². The van der Waals surface area contributed by atoms with Crippen molar-refractivity contribution in [2.24, 2.45) is 0 Å². The van der Waals surface area contributed by atoms with E-state index in [4.69, 9.17) is 18.3 Å². The van der Waals surface area contributed by atoms with Gasteiger partial charge in [0.15, 0.2) is 29.0 Å². The highest BCUT2D eigenvalue weighted by molar-refractivity contribution is 6.13. The number of fused-ring (bicyclic) bond motifs is 6. The van der Waals surface area contributed by atoms with Crippen molar-refractivity contribution in [3.8, 4) is 11.5 Å². The second-order valence-corrected chi connectivity index (χ2v) is 7.21. The summed E-state index contributed by atoms with van der Waals surface area (Å²) in [6, 6.07) is 25.1. The van der Waals surface area contributed by atoms with E-state index in [-0.39, 0.29) is 0 Å². The topological polar surface area (TPSA) is 61.8 Å². The summed E-state index contributed by atoms with van der Waals surface area (Å²) in [6.45, 7) is 0. The van der Waals surface area contributed by atoms with Crippen LogP contribution in [0.4, 0.5) is 0 Å². The molecule has 0 saturated heterocycles. The lowest BCUT2D eigenvalue weighted by molar-refractivity contribution is 0.112. The fourth-order valence-electron chi connectivity index (χ4n) is 3.97. The van der Waals surface area contributed by atoms with Crippen molar-refractivity contribution in [2.45, 2.75) is 0 Å². The Hall–Kier alpha value is -4.25. The zero-order valence-corrected chi connectivity index (χ0v) is 17.6. The lowest BCUT2D eigenvalue weighted by Gasteiger charge is -2.01. The summed E-state index contributed by atoms with van der Waals surface area (Å²) in [5, 5.41) is 3.98. The molecule has 0 radical (unpaired) electrons. The average Bonchev–Trinajstić information content (AvgIpc) is 3.43. The number of hydrogen-bond acceptors (Lipinski definition) is 5. The SMILES string of the molecule is COc1ccc(C=O)c2c1oc1ccccc12.COc1cccc2c1oc1ccccc12. The Labute approximate surface area is 183 Å². The van der Waals surface area contributed by atoms with E-state index in [0.29, 0.717) is 16.9 Å². The molecule has 0 fully saturated rings. The highest BCUT2D eigenvalue weighted by atomic mass is 16.5. The minimum absolute atomic E-state index is 0.616. The summed E-state index contributed by atoms with van der Waals surface area (Å²) in [5.74, 6) is 1.42. The number of ether oxygens (including phenoxy) is 2. The highest BCUT2D eigenvalue weighted by Crippen LogP contribution is 2.36. The number of benzene rings is 4. The van der Waals surface area contributed by atoms with Crippen molar-refractivity contribution >= 4 is 50.2 Å². The highest BCUT2D eigenvalue weighted by Gasteiger charge is 2.14. The van der Waals surface area contributed by atoms with Crippen LogP contribution in [0.25, 0.3) is 43.9 Å². The standard InChI is InChI=1S/C14H10O3.C13H10O2/c1-16-12-7-6-9(8-15)13-10-4-2-3-5-11(10)17-14(12)13;1-14-12-8-4-6-10-9-5-2-3-7-11(9)15-13(10)12/h2-8H,1H3;2-8H,1H3. The fraction of sp³-hybridized carbons (Fsp3) is 0.0741. The van der Waals surface area contributed by atoms with Gasteiger partial charge in [-0.3, -0.25) is 4.79 Å². The van der Waals surface area contributed by atoms with Gasteiger partial charge in [-0.1, -0.05) is 48.5 Å². The lowest BCUT2D eigenvalue weighted by Crippen LogP contribution is -1.86. The molecule has 0 saturated carbocycles. The summed E-state index contributed by atoms with van der Waals surface area (Å²) in [5.41, 5.74) is 3.72. The molecule has 6 rings (SSSR count). The van der Waals surface area contributed by atoms with Crippen LogP contribution in [-0.2, 0) is 0 Å². The molecule has 0 spiro atoms. The van der Waals surface area contributed by atoms with Gasteiger partial charge in [0.2, 0.25) is 0 Å². The van der Waals surface area contributed by atoms with E-state index >= 15 is 0 Å². The number of carbonyl (C=O) groups excluding carboxylic acids is 1. The maximum Gasteiger partial charge on any atom is 0.177 e. The summed E-state index contributed by atoms with van der Waals surface area (Å²) in [7, 11) is 3.24. The molecule has 158 valence electrons. The average molecular weight is 424 g/mol. The van der Waals surface area contributed by atoms with Gasteiger partial charge in [-0.05, 0) is 30.3 Å². The van der Waals surface area contributed by atoms with Crippen molar-refractivity contribution in [1.82, 2.24) is 0 Å². The Bertz CT molecular complexity index is 1570. The molecule has 0 aliphatic rings. The number of methoxy groups -OCH3 is 2. The molecule has 5 heteroatoms. The van der Waals surface area contributed by atoms with Crippen LogP contribution in [-0.4, -0.2) is 20.5 Å². The van der Waals surface area contributed by atoms with Gasteiger partial charge in [-0.2, -0.15) is 0 Å². The Kier molecular flexibility index (Phi) is 5.00. The normalized spacial score (nSPS) is 10.9. The summed E-state index contributed by atoms with van der Waals surface area (Å²) < 4.78 is 22.0. The first kappa shape index (κ1) is 19.7. The number of carbonyl (C=O) groups is 1. The second kappa shape index (κ2) is 8.12. The van der Waals surface area contributed by atoms with Gasteiger partial charge in [0, 0.05) is 27.1 Å². The molecule has 0 bridgehead atoms. The Morgan fingerprint density at radius 1 is 0.625 bits per heavy atom. The van der Waals surface area contributed by atoms with Crippen molar-refractivity contribution in [3.63, 3.8) is 0 Å². The molecule has 0 aliphatic heterocycles. The van der Waals surface area contributed by atoms with E-state index in [1.807, 2.05) is 60.7 Å². The first-order valence-corrected chi connectivity index (χ1v) is 10.1. The van der Waals surface area contributed by atoms with Crippen LogP contribution in [0.15, 0.2) is 87.7 Å². The molecule has 0 atom stereocenters. The van der Waals surface area contributed by atoms with Gasteiger partial charge in [-0.15, -0.1) is 0 Å². The third kappa shape index (κ3) is 3.15. The van der Waals surface area contributed by atoms with Crippen LogP contribution in [0.5, 0.6) is 11.5 Å². The molecular weight excluding hydrogens is 404 g/mol. The molecule has 2 heterocycles. The monoisotopic (exact) mass is 424 g/mol. The number of hydrogen-bond donors (Lipinski definition) is 0. The Balaban J connectivity index is 0.000000136. The molecule has 5 nitrogen and oxygen atoms in total. The van der Waals surface area contributed by atoms with E-state index in [9.17, 15) is 4.79 Å². The molecule has 4 aromatic carbocycles. The van der Waals surface area contributed by atoms with Gasteiger partial charge in [-0.25, -0.2) is 0 Å². The summed E-state index contributed by atoms with van der Waals surface area (Å²) in [6.07, 6.45) is 0.837. The zero-order valence-electron chi connectivity index (χ0n) is 17.6. The van der Waals surface area contributed by atoms with Gasteiger partial charge in [0.1, 0.15) is 11.2 Å². The number of furan rings is 2. The molecule has 2 aromatic heterocycles. The predicted molar refractivity (Wildman–Crippen MR) is 126 cm³/mol. The number of aldehydes is 1. The van der Waals surface area contributed by atoms with Crippen molar-refractivity contribution < 1.29 is 23.1 Å². The third-order valence-corrected chi connectivity index (χ3v) is 5.46. The molecule has 32 heavy (non-hydrogen) atoms. The van der Waals surface area contributed by atoms with Crippen molar-refractivity contribution in [3.05, 3.63) is 84.4 Å². The van der Waals surface area contributed by atoms with Crippen LogP contribution in [0.2, 0.25) is 0 Å².